The summed E-state index contributed by atoms with van der Waals surface area (Å²) in [5.41, 5.74) is 2.46. The molecule has 0 saturated heterocycles. The van der Waals surface area contributed by atoms with Gasteiger partial charge in [0.05, 0.1) is 6.54 Å². The Morgan fingerprint density at radius 3 is 2.29 bits per heavy atom. The van der Waals surface area contributed by atoms with Gasteiger partial charge in [0.15, 0.2) is 0 Å². The zero-order valence-corrected chi connectivity index (χ0v) is 14.1. The molecule has 1 aromatic carbocycles. The Balaban J connectivity index is 2.58. The highest BCUT2D eigenvalue weighted by atomic mass is 16.2. The number of carbonyl (C=O) groups excluding carboxylic acids is 1. The third kappa shape index (κ3) is 6.76. The van der Waals surface area contributed by atoms with E-state index >= 15 is 0 Å². The van der Waals surface area contributed by atoms with E-state index in [0.29, 0.717) is 13.1 Å². The molecule has 0 N–H and O–H groups in total. The van der Waals surface area contributed by atoms with Gasteiger partial charge in [0.1, 0.15) is 0 Å². The lowest BCUT2D eigenvalue weighted by atomic mass is 10.1. The maximum Gasteiger partial charge on any atom is 0.237 e. The van der Waals surface area contributed by atoms with Crippen molar-refractivity contribution in [2.24, 2.45) is 0 Å². The summed E-state index contributed by atoms with van der Waals surface area (Å²) in [5, 5.41) is 0. The van der Waals surface area contributed by atoms with Gasteiger partial charge in [-0.1, -0.05) is 50.1 Å². The first kappa shape index (κ1) is 17.7. The predicted octanol–water partition coefficient (Wildman–Crippen LogP) is 3.47. The van der Waals surface area contributed by atoms with E-state index in [9.17, 15) is 4.79 Å². The zero-order valence-electron chi connectivity index (χ0n) is 14.1. The molecule has 0 heterocycles. The van der Waals surface area contributed by atoms with Crippen LogP contribution < -0.4 is 0 Å². The summed E-state index contributed by atoms with van der Waals surface area (Å²) in [4.78, 5) is 16.6. The fraction of sp³-hybridized carbons (Fsp3) is 0.611. The second kappa shape index (κ2) is 9.56. The van der Waals surface area contributed by atoms with Crippen LogP contribution in [0.2, 0.25) is 0 Å². The van der Waals surface area contributed by atoms with Crippen molar-refractivity contribution in [1.29, 1.82) is 0 Å². The maximum atomic E-state index is 12.5. The molecule has 0 atom stereocenters. The molecule has 1 rings (SSSR count). The van der Waals surface area contributed by atoms with Crippen LogP contribution in [0.5, 0.6) is 0 Å². The van der Waals surface area contributed by atoms with E-state index in [4.69, 9.17) is 0 Å². The van der Waals surface area contributed by atoms with Gasteiger partial charge in [0.25, 0.3) is 0 Å². The van der Waals surface area contributed by atoms with Crippen molar-refractivity contribution in [2.45, 2.75) is 46.6 Å². The molecule has 0 bridgehead atoms. The summed E-state index contributed by atoms with van der Waals surface area (Å²) < 4.78 is 0. The van der Waals surface area contributed by atoms with Crippen LogP contribution in [0.4, 0.5) is 0 Å². The Bertz CT molecular complexity index is 414. The number of nitrogens with zero attached hydrogens (tertiary/aromatic N) is 2. The standard InChI is InChI=1S/C18H30N2O/c1-5-7-13-19(4)15-18(21)20(12-6-2)14-17-10-8-16(3)9-11-17/h8-11H,5-7,12-15H2,1-4H3. The van der Waals surface area contributed by atoms with E-state index in [0.717, 1.165) is 25.9 Å². The fourth-order valence-electron chi connectivity index (χ4n) is 2.31. The van der Waals surface area contributed by atoms with E-state index in [1.165, 1.54) is 17.5 Å². The largest absolute Gasteiger partial charge is 0.337 e. The van der Waals surface area contributed by atoms with Crippen LogP contribution in [0.3, 0.4) is 0 Å². The van der Waals surface area contributed by atoms with Crippen molar-refractivity contribution in [2.75, 3.05) is 26.7 Å². The first-order valence-electron chi connectivity index (χ1n) is 8.08. The van der Waals surface area contributed by atoms with Gasteiger partial charge in [0, 0.05) is 13.1 Å². The molecule has 3 heteroatoms. The molecule has 0 radical (unpaired) electrons. The average Bonchev–Trinajstić information content (AvgIpc) is 2.46. The number of rotatable bonds is 9. The highest BCUT2D eigenvalue weighted by Gasteiger charge is 2.15. The Kier molecular flexibility index (Phi) is 8.06. The van der Waals surface area contributed by atoms with Gasteiger partial charge in [0.2, 0.25) is 5.91 Å². The Hall–Kier alpha value is -1.35. The number of hydrogen-bond donors (Lipinski definition) is 0. The van der Waals surface area contributed by atoms with Crippen molar-refractivity contribution in [3.63, 3.8) is 0 Å². The highest BCUT2D eigenvalue weighted by Crippen LogP contribution is 2.08. The van der Waals surface area contributed by atoms with E-state index in [2.05, 4.69) is 49.9 Å². The van der Waals surface area contributed by atoms with Crippen molar-refractivity contribution in [3.8, 4) is 0 Å². The Labute approximate surface area is 129 Å². The van der Waals surface area contributed by atoms with Crippen LogP contribution in [-0.2, 0) is 11.3 Å². The zero-order chi connectivity index (χ0) is 15.7. The summed E-state index contributed by atoms with van der Waals surface area (Å²) in [6, 6.07) is 8.45. The summed E-state index contributed by atoms with van der Waals surface area (Å²) in [6.45, 7) is 9.44. The monoisotopic (exact) mass is 290 g/mol. The van der Waals surface area contributed by atoms with Gasteiger partial charge >= 0.3 is 0 Å². The number of carbonyl (C=O) groups is 1. The minimum absolute atomic E-state index is 0.232. The van der Waals surface area contributed by atoms with Crippen LogP contribution in [-0.4, -0.2) is 42.4 Å². The molecule has 1 amide bonds. The number of benzene rings is 1. The van der Waals surface area contributed by atoms with Crippen LogP contribution in [0.15, 0.2) is 24.3 Å². The van der Waals surface area contributed by atoms with E-state index in [-0.39, 0.29) is 5.91 Å². The molecule has 0 aromatic heterocycles. The van der Waals surface area contributed by atoms with Gasteiger partial charge in [-0.2, -0.15) is 0 Å². The molecular formula is C18H30N2O. The first-order chi connectivity index (χ1) is 10.1. The molecule has 3 nitrogen and oxygen atoms in total. The van der Waals surface area contributed by atoms with E-state index in [1.54, 1.807) is 0 Å². The lowest BCUT2D eigenvalue weighted by Crippen LogP contribution is -2.39. The van der Waals surface area contributed by atoms with Crippen molar-refractivity contribution in [3.05, 3.63) is 35.4 Å². The first-order valence-corrected chi connectivity index (χ1v) is 8.08. The summed E-state index contributed by atoms with van der Waals surface area (Å²) >= 11 is 0. The normalized spacial score (nSPS) is 10.9. The summed E-state index contributed by atoms with van der Waals surface area (Å²) in [6.07, 6.45) is 3.31. The molecule has 1 aromatic rings. The SMILES string of the molecule is CCCCN(C)CC(=O)N(CCC)Cc1ccc(C)cc1. The van der Waals surface area contributed by atoms with Crippen LogP contribution in [0.1, 0.15) is 44.2 Å². The van der Waals surface area contributed by atoms with Crippen LogP contribution >= 0.6 is 0 Å². The van der Waals surface area contributed by atoms with E-state index < -0.39 is 0 Å². The molecule has 0 unspecified atom stereocenters. The molecule has 0 aliphatic rings. The molecule has 0 aliphatic heterocycles. The Morgan fingerprint density at radius 1 is 1.05 bits per heavy atom. The summed E-state index contributed by atoms with van der Waals surface area (Å²) in [7, 11) is 2.03. The Morgan fingerprint density at radius 2 is 1.71 bits per heavy atom. The molecule has 21 heavy (non-hydrogen) atoms. The number of amides is 1. The predicted molar refractivity (Wildman–Crippen MR) is 89.3 cm³/mol. The van der Waals surface area contributed by atoms with Gasteiger partial charge in [-0.15, -0.1) is 0 Å². The van der Waals surface area contributed by atoms with E-state index in [1.807, 2.05) is 11.9 Å². The van der Waals surface area contributed by atoms with Gasteiger partial charge in [-0.25, -0.2) is 0 Å². The average molecular weight is 290 g/mol. The number of likely N-dealkylation sites (N-methyl/N-ethyl adjacent to an activating group) is 1. The van der Waals surface area contributed by atoms with Gasteiger partial charge in [-0.3, -0.25) is 9.69 Å². The lowest BCUT2D eigenvalue weighted by molar-refractivity contribution is -0.132. The number of aryl methyl sites for hydroxylation is 1. The maximum absolute atomic E-state index is 12.5. The third-order valence-electron chi connectivity index (χ3n) is 3.64. The molecular weight excluding hydrogens is 260 g/mol. The van der Waals surface area contributed by atoms with Crippen LogP contribution in [0.25, 0.3) is 0 Å². The number of hydrogen-bond acceptors (Lipinski definition) is 2. The van der Waals surface area contributed by atoms with Gasteiger partial charge < -0.3 is 4.90 Å². The molecule has 0 fully saturated rings. The second-order valence-corrected chi connectivity index (χ2v) is 5.89. The van der Waals surface area contributed by atoms with Gasteiger partial charge in [-0.05, 0) is 38.9 Å². The number of unbranched alkanes of at least 4 members (excludes halogenated alkanes) is 1. The fourth-order valence-corrected chi connectivity index (χ4v) is 2.31. The quantitative estimate of drug-likeness (QED) is 0.695. The molecule has 0 spiro atoms. The molecule has 0 saturated carbocycles. The van der Waals surface area contributed by atoms with Crippen molar-refractivity contribution < 1.29 is 4.79 Å². The highest BCUT2D eigenvalue weighted by molar-refractivity contribution is 5.78. The second-order valence-electron chi connectivity index (χ2n) is 5.89. The molecule has 118 valence electrons. The molecule has 0 aliphatic carbocycles. The van der Waals surface area contributed by atoms with Crippen molar-refractivity contribution in [1.82, 2.24) is 9.80 Å². The minimum Gasteiger partial charge on any atom is -0.337 e. The lowest BCUT2D eigenvalue weighted by Gasteiger charge is -2.25. The smallest absolute Gasteiger partial charge is 0.237 e. The summed E-state index contributed by atoms with van der Waals surface area (Å²) in [5.74, 6) is 0.232. The minimum atomic E-state index is 0.232. The van der Waals surface area contributed by atoms with Crippen molar-refractivity contribution >= 4 is 5.91 Å². The van der Waals surface area contributed by atoms with Crippen LogP contribution in [0, 0.1) is 6.92 Å². The third-order valence-corrected chi connectivity index (χ3v) is 3.64. The topological polar surface area (TPSA) is 23.6 Å².